The number of nitrogens with one attached hydrogen (secondary N) is 1. The predicted molar refractivity (Wildman–Crippen MR) is 76.9 cm³/mol. The van der Waals surface area contributed by atoms with Crippen LogP contribution in [0.25, 0.3) is 31.4 Å². The van der Waals surface area contributed by atoms with E-state index in [0.717, 1.165) is 5.69 Å². The van der Waals surface area contributed by atoms with Gasteiger partial charge in [-0.25, -0.2) is 0 Å². The molecule has 2 aromatic heterocycles. The molecule has 0 amide bonds. The van der Waals surface area contributed by atoms with Crippen molar-refractivity contribution in [2.24, 2.45) is 0 Å². The summed E-state index contributed by atoms with van der Waals surface area (Å²) < 4.78 is 2.66. The van der Waals surface area contributed by atoms with Crippen LogP contribution in [-0.2, 0) is 0 Å². The fourth-order valence-electron chi connectivity index (χ4n) is 2.37. The zero-order valence-corrected chi connectivity index (χ0v) is 10.4. The predicted octanol–water partition coefficient (Wildman–Crippen LogP) is 4.44. The van der Waals surface area contributed by atoms with Crippen LogP contribution in [0, 0.1) is 0 Å². The maximum atomic E-state index is 4.04. The summed E-state index contributed by atoms with van der Waals surface area (Å²) in [6, 6.07) is 17.0. The quantitative estimate of drug-likeness (QED) is 0.531. The van der Waals surface area contributed by atoms with Crippen LogP contribution >= 0.6 is 11.3 Å². The van der Waals surface area contributed by atoms with E-state index in [-0.39, 0.29) is 0 Å². The van der Waals surface area contributed by atoms with Gasteiger partial charge in [-0.3, -0.25) is 5.10 Å². The minimum atomic E-state index is 1.08. The fraction of sp³-hybridized carbons (Fsp3) is 0. The van der Waals surface area contributed by atoms with Crippen molar-refractivity contribution < 1.29 is 0 Å². The summed E-state index contributed by atoms with van der Waals surface area (Å²) in [6.45, 7) is 0. The maximum absolute atomic E-state index is 4.04. The molecule has 4 rings (SSSR count). The molecule has 86 valence electrons. The molecule has 0 atom stereocenters. The molecule has 0 fully saturated rings. The Morgan fingerprint density at radius 2 is 1.78 bits per heavy atom. The smallest absolute Gasteiger partial charge is 0.0664 e. The van der Waals surface area contributed by atoms with Crippen molar-refractivity contribution in [1.82, 2.24) is 10.2 Å². The molecule has 0 unspecified atom stereocenters. The number of aromatic nitrogens is 2. The van der Waals surface area contributed by atoms with Crippen LogP contribution in [0.15, 0.2) is 54.7 Å². The van der Waals surface area contributed by atoms with Crippen LogP contribution in [0.1, 0.15) is 0 Å². The molecule has 0 aliphatic rings. The van der Waals surface area contributed by atoms with Gasteiger partial charge in [0.2, 0.25) is 0 Å². The lowest BCUT2D eigenvalue weighted by Crippen LogP contribution is -1.77. The lowest BCUT2D eigenvalue weighted by Gasteiger charge is -1.99. The molecule has 18 heavy (non-hydrogen) atoms. The third-order valence-corrected chi connectivity index (χ3v) is 4.42. The van der Waals surface area contributed by atoms with Crippen LogP contribution in [0.5, 0.6) is 0 Å². The van der Waals surface area contributed by atoms with Crippen molar-refractivity contribution in [3.05, 3.63) is 54.7 Å². The summed E-state index contributed by atoms with van der Waals surface area (Å²) >= 11 is 1.84. The molecular weight excluding hydrogens is 240 g/mol. The highest BCUT2D eigenvalue weighted by Gasteiger charge is 2.09. The molecule has 0 radical (unpaired) electrons. The number of thiophene rings is 1. The Morgan fingerprint density at radius 1 is 0.889 bits per heavy atom. The highest BCUT2D eigenvalue weighted by atomic mass is 32.1. The van der Waals surface area contributed by atoms with E-state index in [4.69, 9.17) is 0 Å². The van der Waals surface area contributed by atoms with Crippen LogP contribution in [0.2, 0.25) is 0 Å². The lowest BCUT2D eigenvalue weighted by atomic mass is 10.1. The van der Waals surface area contributed by atoms with Gasteiger partial charge in [0.25, 0.3) is 0 Å². The first kappa shape index (κ1) is 9.85. The van der Waals surface area contributed by atoms with Gasteiger partial charge >= 0.3 is 0 Å². The molecule has 0 bridgehead atoms. The van der Waals surface area contributed by atoms with E-state index in [9.17, 15) is 0 Å². The number of hydrogen-bond acceptors (Lipinski definition) is 2. The monoisotopic (exact) mass is 250 g/mol. The van der Waals surface area contributed by atoms with Crippen molar-refractivity contribution in [3.63, 3.8) is 0 Å². The van der Waals surface area contributed by atoms with Gasteiger partial charge < -0.3 is 0 Å². The molecule has 2 nitrogen and oxygen atoms in total. The second kappa shape index (κ2) is 3.68. The molecule has 2 aromatic carbocycles. The highest BCUT2D eigenvalue weighted by molar-refractivity contribution is 7.26. The van der Waals surface area contributed by atoms with Crippen LogP contribution in [-0.4, -0.2) is 10.2 Å². The Kier molecular flexibility index (Phi) is 2.02. The minimum Gasteiger partial charge on any atom is -0.278 e. The first-order valence-electron chi connectivity index (χ1n) is 5.83. The summed E-state index contributed by atoms with van der Waals surface area (Å²) in [7, 11) is 0. The van der Waals surface area contributed by atoms with E-state index in [1.807, 2.05) is 17.4 Å². The molecule has 0 saturated carbocycles. The average Bonchev–Trinajstić information content (AvgIpc) is 3.05. The first-order valence-corrected chi connectivity index (χ1v) is 6.65. The normalized spacial score (nSPS) is 11.3. The van der Waals surface area contributed by atoms with Crippen molar-refractivity contribution in [2.45, 2.75) is 0 Å². The third-order valence-electron chi connectivity index (χ3n) is 3.20. The van der Waals surface area contributed by atoms with Gasteiger partial charge in [0.05, 0.1) is 5.69 Å². The molecule has 0 saturated heterocycles. The Bertz CT molecular complexity index is 828. The average molecular weight is 250 g/mol. The summed E-state index contributed by atoms with van der Waals surface area (Å²) in [4.78, 5) is 0. The van der Waals surface area contributed by atoms with E-state index in [2.05, 4.69) is 52.7 Å². The molecule has 0 aliphatic heterocycles. The fourth-order valence-corrected chi connectivity index (χ4v) is 3.60. The molecule has 0 aliphatic carbocycles. The van der Waals surface area contributed by atoms with E-state index < -0.39 is 0 Å². The van der Waals surface area contributed by atoms with Crippen molar-refractivity contribution in [2.75, 3.05) is 0 Å². The SMILES string of the molecule is c1ccc2c(c1)sc1c(-c3ccn[nH]3)cccc12. The number of fused-ring (bicyclic) bond motifs is 3. The maximum Gasteiger partial charge on any atom is 0.0664 e. The zero-order chi connectivity index (χ0) is 11.9. The Labute approximate surface area is 108 Å². The van der Waals surface area contributed by atoms with Gasteiger partial charge in [-0.05, 0) is 12.1 Å². The number of rotatable bonds is 1. The van der Waals surface area contributed by atoms with E-state index in [1.165, 1.54) is 25.7 Å². The molecule has 3 heteroatoms. The summed E-state index contributed by atoms with van der Waals surface area (Å²) in [5.74, 6) is 0. The van der Waals surface area contributed by atoms with Gasteiger partial charge in [-0.2, -0.15) is 5.10 Å². The molecule has 1 N–H and O–H groups in total. The van der Waals surface area contributed by atoms with Gasteiger partial charge in [0, 0.05) is 31.9 Å². The number of aromatic amines is 1. The second-order valence-electron chi connectivity index (χ2n) is 4.25. The number of H-pyrrole nitrogens is 1. The summed E-state index contributed by atoms with van der Waals surface area (Å²) in [6.07, 6.45) is 1.79. The van der Waals surface area contributed by atoms with Crippen molar-refractivity contribution in [3.8, 4) is 11.3 Å². The summed E-state index contributed by atoms with van der Waals surface area (Å²) in [5, 5.41) is 9.74. The second-order valence-corrected chi connectivity index (χ2v) is 5.30. The molecule has 2 heterocycles. The van der Waals surface area contributed by atoms with Crippen LogP contribution in [0.3, 0.4) is 0 Å². The number of nitrogens with zero attached hydrogens (tertiary/aromatic N) is 1. The van der Waals surface area contributed by atoms with Crippen molar-refractivity contribution in [1.29, 1.82) is 0 Å². The number of benzene rings is 2. The molecular formula is C15H10N2S. The van der Waals surface area contributed by atoms with Crippen LogP contribution in [0.4, 0.5) is 0 Å². The lowest BCUT2D eigenvalue weighted by molar-refractivity contribution is 1.10. The Hall–Kier alpha value is -2.13. The topological polar surface area (TPSA) is 28.7 Å². The van der Waals surface area contributed by atoms with Crippen molar-refractivity contribution >= 4 is 31.5 Å². The first-order chi connectivity index (χ1) is 8.93. The van der Waals surface area contributed by atoms with Gasteiger partial charge in [0.15, 0.2) is 0 Å². The van der Waals surface area contributed by atoms with Crippen LogP contribution < -0.4 is 0 Å². The van der Waals surface area contributed by atoms with Gasteiger partial charge in [0.1, 0.15) is 0 Å². The van der Waals surface area contributed by atoms with Gasteiger partial charge in [-0.15, -0.1) is 11.3 Å². The Balaban J connectivity index is 2.17. The minimum absolute atomic E-state index is 1.08. The third kappa shape index (κ3) is 1.31. The van der Waals surface area contributed by atoms with E-state index >= 15 is 0 Å². The molecule has 0 spiro atoms. The van der Waals surface area contributed by atoms with Gasteiger partial charge in [-0.1, -0.05) is 36.4 Å². The largest absolute Gasteiger partial charge is 0.278 e. The molecule has 4 aromatic rings. The number of hydrogen-bond donors (Lipinski definition) is 1. The standard InChI is InChI=1S/C15H10N2S/c1-2-7-14-10(4-1)11-5-3-6-12(15(11)18-14)13-8-9-16-17-13/h1-9H,(H,16,17). The Morgan fingerprint density at radius 3 is 2.67 bits per heavy atom. The highest BCUT2D eigenvalue weighted by Crippen LogP contribution is 2.38. The van der Waals surface area contributed by atoms with E-state index in [1.54, 1.807) is 6.20 Å². The zero-order valence-electron chi connectivity index (χ0n) is 9.55. The van der Waals surface area contributed by atoms with E-state index in [0.29, 0.717) is 0 Å². The summed E-state index contributed by atoms with van der Waals surface area (Å²) in [5.41, 5.74) is 2.30.